The lowest BCUT2D eigenvalue weighted by atomic mass is 10.0. The summed E-state index contributed by atoms with van der Waals surface area (Å²) in [5.41, 5.74) is -0.783. The third-order valence-electron chi connectivity index (χ3n) is 3.60. The fraction of sp³-hybridized carbons (Fsp3) is 0.538. The summed E-state index contributed by atoms with van der Waals surface area (Å²) in [5.74, 6) is -9.41. The van der Waals surface area contributed by atoms with E-state index < -0.39 is 34.6 Å². The molecule has 1 atom stereocenters. The number of rotatable bonds is 3. The van der Waals surface area contributed by atoms with Gasteiger partial charge in [0.15, 0.2) is 23.3 Å². The van der Waals surface area contributed by atoms with Crippen LogP contribution in [0.1, 0.15) is 18.4 Å². The molecule has 1 aliphatic rings. The van der Waals surface area contributed by atoms with Crippen molar-refractivity contribution in [2.45, 2.75) is 25.4 Å². The van der Waals surface area contributed by atoms with Crippen LogP contribution in [0.5, 0.6) is 0 Å². The number of nitrogens with zero attached hydrogens (tertiary/aromatic N) is 1. The first-order chi connectivity index (χ1) is 9.43. The molecule has 2 nitrogen and oxygen atoms in total. The van der Waals surface area contributed by atoms with E-state index in [9.17, 15) is 22.0 Å². The van der Waals surface area contributed by atoms with Gasteiger partial charge < -0.3 is 5.32 Å². The highest BCUT2D eigenvalue weighted by molar-refractivity contribution is 5.24. The van der Waals surface area contributed by atoms with Gasteiger partial charge in [0.25, 0.3) is 0 Å². The standard InChI is InChI=1S/C13H15F5N2/c1-20(7-3-2-4-19-5-7)6-8-9(14)11(16)13(18)12(17)10(8)15/h7,19H,2-6H2,1H3. The van der Waals surface area contributed by atoms with Gasteiger partial charge in [-0.15, -0.1) is 0 Å². The third-order valence-corrected chi connectivity index (χ3v) is 3.60. The molecule has 1 N–H and O–H groups in total. The predicted molar refractivity (Wildman–Crippen MR) is 63.6 cm³/mol. The number of hydrogen-bond donors (Lipinski definition) is 1. The highest BCUT2D eigenvalue weighted by Gasteiger charge is 2.27. The highest BCUT2D eigenvalue weighted by Crippen LogP contribution is 2.24. The molecule has 2 rings (SSSR count). The van der Waals surface area contributed by atoms with E-state index >= 15 is 0 Å². The number of likely N-dealkylation sites (N-methyl/N-ethyl adjacent to an activating group) is 1. The molecule has 1 heterocycles. The molecule has 0 amide bonds. The minimum atomic E-state index is -2.12. The molecule has 7 heteroatoms. The van der Waals surface area contributed by atoms with Crippen molar-refractivity contribution in [1.82, 2.24) is 10.2 Å². The number of halogens is 5. The van der Waals surface area contributed by atoms with Crippen molar-refractivity contribution in [2.24, 2.45) is 0 Å². The topological polar surface area (TPSA) is 15.3 Å². The van der Waals surface area contributed by atoms with Gasteiger partial charge in [-0.1, -0.05) is 0 Å². The average Bonchev–Trinajstić information content (AvgIpc) is 2.48. The fourth-order valence-electron chi connectivity index (χ4n) is 2.38. The van der Waals surface area contributed by atoms with Crippen LogP contribution >= 0.6 is 0 Å². The Labute approximate surface area is 113 Å². The lowest BCUT2D eigenvalue weighted by Gasteiger charge is -2.31. The Morgan fingerprint density at radius 3 is 2.05 bits per heavy atom. The van der Waals surface area contributed by atoms with Gasteiger partial charge >= 0.3 is 0 Å². The fourth-order valence-corrected chi connectivity index (χ4v) is 2.38. The third kappa shape index (κ3) is 2.78. The quantitative estimate of drug-likeness (QED) is 0.523. The summed E-state index contributed by atoms with van der Waals surface area (Å²) in [5, 5.41) is 3.13. The molecule has 0 saturated carbocycles. The molecule has 0 aromatic heterocycles. The molecule has 20 heavy (non-hydrogen) atoms. The zero-order valence-corrected chi connectivity index (χ0v) is 10.9. The summed E-state index contributed by atoms with van der Waals surface area (Å²) in [6.45, 7) is 1.18. The molecule has 0 aliphatic carbocycles. The maximum absolute atomic E-state index is 13.6. The van der Waals surface area contributed by atoms with Crippen LogP contribution in [0.15, 0.2) is 0 Å². The number of benzene rings is 1. The summed E-state index contributed by atoms with van der Waals surface area (Å²) in [4.78, 5) is 1.60. The van der Waals surface area contributed by atoms with Gasteiger partial charge in [0.05, 0.1) is 0 Å². The molecule has 0 spiro atoms. The summed E-state index contributed by atoms with van der Waals surface area (Å²) < 4.78 is 66.3. The molecule has 112 valence electrons. The van der Waals surface area contributed by atoms with E-state index in [0.717, 1.165) is 19.4 Å². The molecule has 0 bridgehead atoms. The first-order valence-electron chi connectivity index (χ1n) is 6.34. The van der Waals surface area contributed by atoms with E-state index in [2.05, 4.69) is 5.32 Å². The van der Waals surface area contributed by atoms with E-state index in [1.807, 2.05) is 0 Å². The number of nitrogens with one attached hydrogen (secondary N) is 1. The van der Waals surface area contributed by atoms with Gasteiger partial charge in [-0.3, -0.25) is 4.90 Å². The van der Waals surface area contributed by atoms with Crippen molar-refractivity contribution in [2.75, 3.05) is 20.1 Å². The van der Waals surface area contributed by atoms with E-state index in [1.54, 1.807) is 11.9 Å². The number of hydrogen-bond acceptors (Lipinski definition) is 2. The molecule has 0 radical (unpaired) electrons. The van der Waals surface area contributed by atoms with Crippen molar-refractivity contribution in [1.29, 1.82) is 0 Å². The lowest BCUT2D eigenvalue weighted by molar-refractivity contribution is 0.189. The van der Waals surface area contributed by atoms with Crippen LogP contribution in [0.25, 0.3) is 0 Å². The predicted octanol–water partition coefficient (Wildman–Crippen LogP) is 2.57. The van der Waals surface area contributed by atoms with E-state index in [0.29, 0.717) is 6.54 Å². The van der Waals surface area contributed by atoms with Crippen LogP contribution in [-0.4, -0.2) is 31.1 Å². The second-order valence-corrected chi connectivity index (χ2v) is 4.96. The van der Waals surface area contributed by atoms with Gasteiger partial charge in [0.2, 0.25) is 5.82 Å². The Hall–Kier alpha value is -1.21. The summed E-state index contributed by atoms with van der Waals surface area (Å²) in [7, 11) is 1.61. The van der Waals surface area contributed by atoms with Crippen molar-refractivity contribution < 1.29 is 22.0 Å². The monoisotopic (exact) mass is 294 g/mol. The summed E-state index contributed by atoms with van der Waals surface area (Å²) in [6, 6.07) is 0.0127. The van der Waals surface area contributed by atoms with Crippen molar-refractivity contribution >= 4 is 0 Å². The Bertz CT molecular complexity index is 471. The van der Waals surface area contributed by atoms with Crippen molar-refractivity contribution in [3.63, 3.8) is 0 Å². The Kier molecular flexibility index (Phi) is 4.59. The molecule has 1 fully saturated rings. The Morgan fingerprint density at radius 1 is 1.00 bits per heavy atom. The van der Waals surface area contributed by atoms with Gasteiger partial charge in [0, 0.05) is 24.7 Å². The van der Waals surface area contributed by atoms with E-state index in [1.165, 1.54) is 0 Å². The molecule has 1 aliphatic heterocycles. The van der Waals surface area contributed by atoms with Crippen LogP contribution in [0.4, 0.5) is 22.0 Å². The van der Waals surface area contributed by atoms with Gasteiger partial charge in [-0.05, 0) is 26.4 Å². The van der Waals surface area contributed by atoms with Crippen LogP contribution in [0, 0.1) is 29.1 Å². The highest BCUT2D eigenvalue weighted by atomic mass is 19.2. The van der Waals surface area contributed by atoms with Crippen LogP contribution in [-0.2, 0) is 6.54 Å². The smallest absolute Gasteiger partial charge is 0.200 e. The first-order valence-corrected chi connectivity index (χ1v) is 6.34. The van der Waals surface area contributed by atoms with Crippen LogP contribution < -0.4 is 5.32 Å². The largest absolute Gasteiger partial charge is 0.315 e. The van der Waals surface area contributed by atoms with E-state index in [4.69, 9.17) is 0 Å². The Balaban J connectivity index is 2.24. The molecular weight excluding hydrogens is 279 g/mol. The van der Waals surface area contributed by atoms with E-state index in [-0.39, 0.29) is 12.6 Å². The molecular formula is C13H15F5N2. The lowest BCUT2D eigenvalue weighted by Crippen LogP contribution is -2.44. The average molecular weight is 294 g/mol. The van der Waals surface area contributed by atoms with Gasteiger partial charge in [-0.25, -0.2) is 22.0 Å². The van der Waals surface area contributed by atoms with Crippen LogP contribution in [0.3, 0.4) is 0 Å². The molecule has 1 saturated heterocycles. The SMILES string of the molecule is CN(Cc1c(F)c(F)c(F)c(F)c1F)C1CCCNC1. The van der Waals surface area contributed by atoms with Crippen molar-refractivity contribution in [3.8, 4) is 0 Å². The van der Waals surface area contributed by atoms with Gasteiger partial charge in [-0.2, -0.15) is 0 Å². The number of piperidine rings is 1. The van der Waals surface area contributed by atoms with Crippen molar-refractivity contribution in [3.05, 3.63) is 34.6 Å². The summed E-state index contributed by atoms with van der Waals surface area (Å²) in [6.07, 6.45) is 1.73. The summed E-state index contributed by atoms with van der Waals surface area (Å²) >= 11 is 0. The minimum Gasteiger partial charge on any atom is -0.315 e. The zero-order chi connectivity index (χ0) is 14.9. The van der Waals surface area contributed by atoms with Crippen LogP contribution in [0.2, 0.25) is 0 Å². The maximum atomic E-state index is 13.6. The van der Waals surface area contributed by atoms with Gasteiger partial charge in [0.1, 0.15) is 0 Å². The normalized spacial score (nSPS) is 19.6. The minimum absolute atomic E-state index is 0.0127. The first kappa shape index (κ1) is 15.2. The molecule has 1 unspecified atom stereocenters. The molecule has 1 aromatic carbocycles. The maximum Gasteiger partial charge on any atom is 0.200 e. The Morgan fingerprint density at radius 2 is 1.55 bits per heavy atom. The second kappa shape index (κ2) is 6.05. The second-order valence-electron chi connectivity index (χ2n) is 4.96. The zero-order valence-electron chi connectivity index (χ0n) is 10.9. The molecule has 1 aromatic rings.